The monoisotopic (exact) mass is 836 g/mol. The highest BCUT2D eigenvalue weighted by molar-refractivity contribution is 6.27. The van der Waals surface area contributed by atoms with E-state index in [1.165, 1.54) is 109 Å². The highest BCUT2D eigenvalue weighted by Gasteiger charge is 2.26. The van der Waals surface area contributed by atoms with Gasteiger partial charge in [-0.2, -0.15) is 0 Å². The van der Waals surface area contributed by atoms with E-state index in [-0.39, 0.29) is 6.04 Å². The third-order valence-electron chi connectivity index (χ3n) is 14.3. The molecule has 0 fully saturated rings. The summed E-state index contributed by atoms with van der Waals surface area (Å²) in [5.41, 5.74) is 11.7. The Balaban J connectivity index is 0.998. The fourth-order valence-electron chi connectivity index (χ4n) is 11.2. The smallest absolute Gasteiger partial charge is 0.0780 e. The number of para-hydroxylation sites is 1. The second kappa shape index (κ2) is 14.5. The van der Waals surface area contributed by atoms with Gasteiger partial charge in [0.1, 0.15) is 0 Å². The van der Waals surface area contributed by atoms with Crippen LogP contribution in [0.25, 0.3) is 114 Å². The van der Waals surface area contributed by atoms with Crippen molar-refractivity contribution in [2.45, 2.75) is 6.04 Å². The van der Waals surface area contributed by atoms with Gasteiger partial charge in [0.2, 0.25) is 0 Å². The largest absolute Gasteiger partial charge is 0.374 e. The topological polar surface area (TPSA) is 24.9 Å². The van der Waals surface area contributed by atoms with Crippen molar-refractivity contribution in [2.75, 3.05) is 5.32 Å². The molecule has 0 amide bonds. The molecule has 0 aliphatic carbocycles. The van der Waals surface area contributed by atoms with Crippen molar-refractivity contribution in [2.24, 2.45) is 0 Å². The predicted octanol–water partition coefficient (Wildman–Crippen LogP) is 17.2. The number of pyridine rings is 1. The molecule has 1 atom stereocenters. The van der Waals surface area contributed by atoms with Gasteiger partial charge in [-0.05, 0) is 134 Å². The minimum Gasteiger partial charge on any atom is -0.374 e. The molecule has 12 aromatic carbocycles. The molecular weight excluding hydrogens is 797 g/mol. The molecule has 1 aliphatic heterocycles. The Morgan fingerprint density at radius 2 is 0.788 bits per heavy atom. The summed E-state index contributed by atoms with van der Waals surface area (Å²) in [7, 11) is 0. The van der Waals surface area contributed by atoms with Crippen molar-refractivity contribution < 1.29 is 0 Å². The lowest BCUT2D eigenvalue weighted by molar-refractivity contribution is 0.977. The summed E-state index contributed by atoms with van der Waals surface area (Å²) in [5, 5.41) is 23.0. The van der Waals surface area contributed by atoms with E-state index in [0.29, 0.717) is 0 Å². The molecule has 0 saturated carbocycles. The van der Waals surface area contributed by atoms with Crippen LogP contribution in [0.3, 0.4) is 0 Å². The highest BCUT2D eigenvalue weighted by atomic mass is 14.9. The maximum Gasteiger partial charge on any atom is 0.0780 e. The first-order valence-corrected chi connectivity index (χ1v) is 22.9. The van der Waals surface area contributed by atoms with Crippen LogP contribution in [0.15, 0.2) is 231 Å². The van der Waals surface area contributed by atoms with Gasteiger partial charge in [-0.1, -0.05) is 194 Å². The normalized spacial score (nSPS) is 13.8. The number of benzene rings is 12. The first kappa shape index (κ1) is 36.8. The van der Waals surface area contributed by atoms with E-state index in [9.17, 15) is 0 Å². The summed E-state index contributed by atoms with van der Waals surface area (Å²) in [6.45, 7) is 0. The molecule has 1 aromatic heterocycles. The van der Waals surface area contributed by atoms with E-state index in [1.54, 1.807) is 0 Å². The van der Waals surface area contributed by atoms with Crippen LogP contribution in [-0.4, -0.2) is 4.98 Å². The molecule has 0 spiro atoms. The molecule has 306 valence electrons. The molecule has 13 aromatic rings. The van der Waals surface area contributed by atoms with E-state index in [0.717, 1.165) is 27.7 Å². The molecule has 14 rings (SSSR count). The second-order valence-electron chi connectivity index (χ2n) is 17.8. The van der Waals surface area contributed by atoms with Crippen LogP contribution in [0.4, 0.5) is 5.69 Å². The molecule has 2 heteroatoms. The number of rotatable bonds is 4. The highest BCUT2D eigenvalue weighted by Crippen LogP contribution is 2.48. The van der Waals surface area contributed by atoms with Crippen LogP contribution < -0.4 is 5.32 Å². The predicted molar refractivity (Wildman–Crippen MR) is 281 cm³/mol. The first-order chi connectivity index (χ1) is 32.7. The lowest BCUT2D eigenvalue weighted by atomic mass is 9.83. The van der Waals surface area contributed by atoms with Crippen molar-refractivity contribution >= 4 is 97.6 Å². The van der Waals surface area contributed by atoms with Gasteiger partial charge in [-0.25, -0.2) is 0 Å². The number of fused-ring (bicyclic) bond motifs is 16. The van der Waals surface area contributed by atoms with Crippen LogP contribution in [0, 0.1) is 0 Å². The third kappa shape index (κ3) is 5.58. The Kier molecular flexibility index (Phi) is 8.08. The zero-order chi connectivity index (χ0) is 43.3. The molecule has 1 N–H and O–H groups in total. The Hall–Kier alpha value is -8.59. The minimum atomic E-state index is -0.0780. The van der Waals surface area contributed by atoms with E-state index >= 15 is 0 Å². The summed E-state index contributed by atoms with van der Waals surface area (Å²) in [4.78, 5) is 4.77. The zero-order valence-corrected chi connectivity index (χ0v) is 36.0. The van der Waals surface area contributed by atoms with Crippen molar-refractivity contribution in [3.8, 4) is 22.3 Å². The van der Waals surface area contributed by atoms with Crippen LogP contribution in [0.5, 0.6) is 0 Å². The summed E-state index contributed by atoms with van der Waals surface area (Å²) in [6.07, 6.45) is 4.34. The summed E-state index contributed by atoms with van der Waals surface area (Å²) in [5.74, 6) is 0. The number of hydrogen-bond donors (Lipinski definition) is 1. The second-order valence-corrected chi connectivity index (χ2v) is 17.8. The number of anilines is 1. The molecule has 66 heavy (non-hydrogen) atoms. The minimum absolute atomic E-state index is 0.0780. The van der Waals surface area contributed by atoms with E-state index in [1.807, 2.05) is 12.3 Å². The molecule has 0 radical (unpaired) electrons. The fraction of sp³-hybridized carbons (Fsp3) is 0.0156. The lowest BCUT2D eigenvalue weighted by Crippen LogP contribution is -2.16. The molecule has 2 nitrogen and oxygen atoms in total. The Morgan fingerprint density at radius 1 is 0.318 bits per heavy atom. The maximum absolute atomic E-state index is 4.77. The maximum atomic E-state index is 4.77. The number of hydrogen-bond acceptors (Lipinski definition) is 2. The van der Waals surface area contributed by atoms with Crippen molar-refractivity contribution in [3.63, 3.8) is 0 Å². The fourth-order valence-corrected chi connectivity index (χ4v) is 11.2. The van der Waals surface area contributed by atoms with Gasteiger partial charge in [0.25, 0.3) is 0 Å². The van der Waals surface area contributed by atoms with Crippen molar-refractivity contribution in [3.05, 3.63) is 247 Å². The van der Waals surface area contributed by atoms with Gasteiger partial charge in [0.05, 0.1) is 17.2 Å². The van der Waals surface area contributed by atoms with E-state index in [2.05, 4.69) is 224 Å². The van der Waals surface area contributed by atoms with Gasteiger partial charge >= 0.3 is 0 Å². The van der Waals surface area contributed by atoms with Crippen molar-refractivity contribution in [1.29, 1.82) is 0 Å². The Bertz CT molecular complexity index is 4120. The van der Waals surface area contributed by atoms with Crippen LogP contribution in [0.2, 0.25) is 0 Å². The average molecular weight is 837 g/mol. The Labute approximate surface area is 381 Å². The number of aromatic nitrogens is 1. The molecule has 1 unspecified atom stereocenters. The van der Waals surface area contributed by atoms with E-state index < -0.39 is 0 Å². The SMILES string of the molecule is C1=C(c2ccc3c4ccccc4c4ccccc4c3c2)c2cc(-c3ccc4c5ccccc5c5ccccc5c4c3)c3ccccc3c2NC1c1ccc(-c2cccc3cccnc23)cc1. The quantitative estimate of drug-likeness (QED) is 0.179. The molecule has 0 saturated heterocycles. The average Bonchev–Trinajstić information content (AvgIpc) is 3.40. The van der Waals surface area contributed by atoms with Crippen molar-refractivity contribution in [1.82, 2.24) is 4.98 Å². The standard InChI is InChI=1S/C64H40N2/c1-3-19-49-45(15-1)47-17-5-7-21-51(47)59-35-42(30-32-54(49)59)57-37-61-58(43-31-33-55-50-20-4-2-16-46(50)48-18-6-8-22-52(48)60(55)36-43)38-62(66-64(61)56-24-10-9-23-53(56)57)40-28-26-39(27-29-40)44-25-11-13-41-14-12-34-65-63(41)44/h1-38,62,66H. The van der Waals surface area contributed by atoms with Crippen LogP contribution in [-0.2, 0) is 0 Å². The third-order valence-corrected chi connectivity index (χ3v) is 14.3. The Morgan fingerprint density at radius 3 is 1.38 bits per heavy atom. The molecule has 0 bridgehead atoms. The van der Waals surface area contributed by atoms with E-state index in [4.69, 9.17) is 4.98 Å². The van der Waals surface area contributed by atoms with Gasteiger partial charge in [-0.3, -0.25) is 4.98 Å². The van der Waals surface area contributed by atoms with Crippen LogP contribution >= 0.6 is 0 Å². The van der Waals surface area contributed by atoms with Crippen LogP contribution in [0.1, 0.15) is 22.7 Å². The summed E-state index contributed by atoms with van der Waals surface area (Å²) in [6, 6.07) is 80.6. The number of nitrogens with one attached hydrogen (secondary N) is 1. The van der Waals surface area contributed by atoms with Gasteiger partial charge in [0, 0.05) is 28.1 Å². The van der Waals surface area contributed by atoms with Gasteiger partial charge < -0.3 is 5.32 Å². The first-order valence-electron chi connectivity index (χ1n) is 22.9. The number of nitrogens with zero attached hydrogens (tertiary/aromatic N) is 1. The molecular formula is C64H40N2. The molecule has 2 heterocycles. The van der Waals surface area contributed by atoms with Gasteiger partial charge in [-0.15, -0.1) is 0 Å². The van der Waals surface area contributed by atoms with Gasteiger partial charge in [0.15, 0.2) is 0 Å². The lowest BCUT2D eigenvalue weighted by Gasteiger charge is -2.30. The zero-order valence-electron chi connectivity index (χ0n) is 36.0. The summed E-state index contributed by atoms with van der Waals surface area (Å²) < 4.78 is 0. The molecule has 1 aliphatic rings. The summed E-state index contributed by atoms with van der Waals surface area (Å²) >= 11 is 0.